The number of benzene rings is 1. The van der Waals surface area contributed by atoms with Gasteiger partial charge in [-0.15, -0.1) is 24.0 Å². The maximum Gasteiger partial charge on any atom is 0.0356 e. The summed E-state index contributed by atoms with van der Waals surface area (Å²) in [6.45, 7) is 2.12. The molecule has 0 fully saturated rings. The Labute approximate surface area is 94.5 Å². The van der Waals surface area contributed by atoms with Crippen LogP contribution in [-0.4, -0.2) is 0 Å². The first kappa shape index (κ1) is 8.84. The van der Waals surface area contributed by atoms with Gasteiger partial charge in [-0.3, -0.25) is 0 Å². The molecule has 0 aliphatic rings. The lowest BCUT2D eigenvalue weighted by Crippen LogP contribution is -1.81. The molecule has 0 N–H and O–H groups in total. The lowest BCUT2D eigenvalue weighted by Gasteiger charge is -2.02. The van der Waals surface area contributed by atoms with Crippen molar-refractivity contribution in [1.29, 1.82) is 0 Å². The van der Waals surface area contributed by atoms with Crippen molar-refractivity contribution in [2.24, 2.45) is 0 Å². The normalized spacial score (nSPS) is 10.9. The number of aryl methyl sites for hydroxylation is 1. The van der Waals surface area contributed by atoms with Gasteiger partial charge in [-0.2, -0.15) is 0 Å². The molecular weight excluding hydrogens is 299 g/mol. The molecule has 62 valence electrons. The summed E-state index contributed by atoms with van der Waals surface area (Å²) in [5.41, 5.74) is 1.29. The molecule has 2 rings (SSSR count). The SMILES string of the molecule is Cc1c(S)c(I)cc2sccc12. The van der Waals surface area contributed by atoms with Gasteiger partial charge in [-0.25, -0.2) is 0 Å². The van der Waals surface area contributed by atoms with Crippen LogP contribution in [0.5, 0.6) is 0 Å². The molecular formula is C9H7IS2. The van der Waals surface area contributed by atoms with Gasteiger partial charge in [-0.1, -0.05) is 0 Å². The van der Waals surface area contributed by atoms with Crippen molar-refractivity contribution in [3.8, 4) is 0 Å². The lowest BCUT2D eigenvalue weighted by molar-refractivity contribution is 1.33. The van der Waals surface area contributed by atoms with E-state index in [1.165, 1.54) is 19.2 Å². The molecule has 0 amide bonds. The minimum absolute atomic E-state index is 1.11. The van der Waals surface area contributed by atoms with Crippen LogP contribution in [0.2, 0.25) is 0 Å². The van der Waals surface area contributed by atoms with Crippen molar-refractivity contribution >= 4 is 56.6 Å². The zero-order chi connectivity index (χ0) is 8.72. The number of halogens is 1. The Hall–Kier alpha value is 0.260. The van der Waals surface area contributed by atoms with E-state index in [2.05, 4.69) is 59.7 Å². The number of rotatable bonds is 0. The Morgan fingerprint density at radius 1 is 1.50 bits per heavy atom. The van der Waals surface area contributed by atoms with Crippen molar-refractivity contribution in [3.63, 3.8) is 0 Å². The maximum atomic E-state index is 4.46. The molecule has 0 unspecified atom stereocenters. The van der Waals surface area contributed by atoms with Gasteiger partial charge in [-0.05, 0) is 58.0 Å². The van der Waals surface area contributed by atoms with Crippen molar-refractivity contribution in [3.05, 3.63) is 26.6 Å². The Kier molecular flexibility index (Phi) is 2.35. The zero-order valence-corrected chi connectivity index (χ0v) is 10.3. The standard InChI is InChI=1S/C9H7IS2/c1-5-6-2-3-12-8(6)4-7(10)9(5)11/h2-4,11H,1H3. The van der Waals surface area contributed by atoms with Crippen LogP contribution >= 0.6 is 46.6 Å². The van der Waals surface area contributed by atoms with Crippen LogP contribution in [0.3, 0.4) is 0 Å². The van der Waals surface area contributed by atoms with Gasteiger partial charge in [0.05, 0.1) is 0 Å². The highest BCUT2D eigenvalue weighted by Gasteiger charge is 2.05. The number of fused-ring (bicyclic) bond motifs is 1. The molecule has 1 aromatic heterocycles. The summed E-state index contributed by atoms with van der Waals surface area (Å²) in [4.78, 5) is 1.11. The van der Waals surface area contributed by atoms with E-state index in [4.69, 9.17) is 0 Å². The van der Waals surface area contributed by atoms with Crippen LogP contribution in [0.4, 0.5) is 0 Å². The van der Waals surface area contributed by atoms with Crippen LogP contribution in [-0.2, 0) is 0 Å². The molecule has 0 saturated heterocycles. The Balaban J connectivity index is 2.94. The summed E-state index contributed by atoms with van der Waals surface area (Å²) in [6.07, 6.45) is 0. The third-order valence-electron chi connectivity index (χ3n) is 1.94. The Morgan fingerprint density at radius 3 is 3.00 bits per heavy atom. The number of hydrogen-bond acceptors (Lipinski definition) is 2. The molecule has 0 aliphatic carbocycles. The molecule has 0 aliphatic heterocycles. The first-order chi connectivity index (χ1) is 5.70. The fraction of sp³-hybridized carbons (Fsp3) is 0.111. The van der Waals surface area contributed by atoms with Gasteiger partial charge in [0.1, 0.15) is 0 Å². The van der Waals surface area contributed by atoms with E-state index in [-0.39, 0.29) is 0 Å². The second-order valence-corrected chi connectivity index (χ2v) is 5.22. The van der Waals surface area contributed by atoms with Gasteiger partial charge >= 0.3 is 0 Å². The highest BCUT2D eigenvalue weighted by atomic mass is 127. The summed E-state index contributed by atoms with van der Waals surface area (Å²) in [5.74, 6) is 0. The highest BCUT2D eigenvalue weighted by molar-refractivity contribution is 14.1. The molecule has 3 heteroatoms. The monoisotopic (exact) mass is 306 g/mol. The van der Waals surface area contributed by atoms with Gasteiger partial charge < -0.3 is 0 Å². The van der Waals surface area contributed by atoms with E-state index in [1.807, 2.05) is 0 Å². The molecule has 0 radical (unpaired) electrons. The van der Waals surface area contributed by atoms with E-state index in [9.17, 15) is 0 Å². The molecule has 1 heterocycles. The number of hydrogen-bond donors (Lipinski definition) is 1. The maximum absolute atomic E-state index is 4.46. The molecule has 0 saturated carbocycles. The molecule has 0 bridgehead atoms. The Bertz CT molecular complexity index is 431. The van der Waals surface area contributed by atoms with Crippen molar-refractivity contribution < 1.29 is 0 Å². The molecule has 12 heavy (non-hydrogen) atoms. The molecule has 0 atom stereocenters. The van der Waals surface area contributed by atoms with Gasteiger partial charge in [0.2, 0.25) is 0 Å². The first-order valence-electron chi connectivity index (χ1n) is 3.55. The molecule has 1 aromatic carbocycles. The van der Waals surface area contributed by atoms with Crippen LogP contribution in [0.25, 0.3) is 10.1 Å². The minimum Gasteiger partial charge on any atom is -0.144 e. The first-order valence-corrected chi connectivity index (χ1v) is 5.96. The molecule has 0 nitrogen and oxygen atoms in total. The Morgan fingerprint density at radius 2 is 2.25 bits per heavy atom. The van der Waals surface area contributed by atoms with Gasteiger partial charge in [0, 0.05) is 13.2 Å². The summed E-state index contributed by atoms with van der Waals surface area (Å²) < 4.78 is 2.60. The number of thiol groups is 1. The van der Waals surface area contributed by atoms with Crippen LogP contribution < -0.4 is 0 Å². The second-order valence-electron chi connectivity index (χ2n) is 2.66. The van der Waals surface area contributed by atoms with E-state index in [0.717, 1.165) is 4.90 Å². The third kappa shape index (κ3) is 1.28. The van der Waals surface area contributed by atoms with Gasteiger partial charge in [0.15, 0.2) is 0 Å². The van der Waals surface area contributed by atoms with E-state index < -0.39 is 0 Å². The summed E-state index contributed by atoms with van der Waals surface area (Å²) in [6, 6.07) is 4.35. The average Bonchev–Trinajstić information content (AvgIpc) is 2.48. The van der Waals surface area contributed by atoms with Gasteiger partial charge in [0.25, 0.3) is 0 Å². The van der Waals surface area contributed by atoms with Crippen LogP contribution in [0.15, 0.2) is 22.4 Å². The zero-order valence-electron chi connectivity index (χ0n) is 6.47. The predicted molar refractivity (Wildman–Crippen MR) is 66.5 cm³/mol. The van der Waals surface area contributed by atoms with Crippen molar-refractivity contribution in [2.45, 2.75) is 11.8 Å². The van der Waals surface area contributed by atoms with Crippen molar-refractivity contribution in [2.75, 3.05) is 0 Å². The predicted octanol–water partition coefficient (Wildman–Crippen LogP) is 4.10. The van der Waals surface area contributed by atoms with E-state index >= 15 is 0 Å². The molecule has 2 aromatic rings. The summed E-state index contributed by atoms with van der Waals surface area (Å²) in [7, 11) is 0. The fourth-order valence-corrected chi connectivity index (χ4v) is 3.23. The smallest absolute Gasteiger partial charge is 0.0356 e. The van der Waals surface area contributed by atoms with E-state index in [1.54, 1.807) is 11.3 Å². The van der Waals surface area contributed by atoms with E-state index in [0.29, 0.717) is 0 Å². The largest absolute Gasteiger partial charge is 0.144 e. The number of thiophene rings is 1. The lowest BCUT2D eigenvalue weighted by atomic mass is 10.1. The van der Waals surface area contributed by atoms with Crippen LogP contribution in [0, 0.1) is 10.5 Å². The topological polar surface area (TPSA) is 0 Å². The van der Waals surface area contributed by atoms with Crippen molar-refractivity contribution in [1.82, 2.24) is 0 Å². The second kappa shape index (κ2) is 3.20. The fourth-order valence-electron chi connectivity index (χ4n) is 1.23. The third-order valence-corrected chi connectivity index (χ3v) is 4.66. The average molecular weight is 306 g/mol. The minimum atomic E-state index is 1.11. The summed E-state index contributed by atoms with van der Waals surface area (Å²) >= 11 is 8.57. The quantitative estimate of drug-likeness (QED) is 0.550. The summed E-state index contributed by atoms with van der Waals surface area (Å²) in [5, 5.41) is 3.46. The van der Waals surface area contributed by atoms with Crippen LogP contribution in [0.1, 0.15) is 5.56 Å². The molecule has 0 spiro atoms. The highest BCUT2D eigenvalue weighted by Crippen LogP contribution is 2.31.